The zero-order valence-corrected chi connectivity index (χ0v) is 14.9. The van der Waals surface area contributed by atoms with Crippen LogP contribution in [0.1, 0.15) is 45.8 Å². The van der Waals surface area contributed by atoms with Crippen molar-refractivity contribution in [1.29, 1.82) is 5.26 Å². The number of nitrogens with zero attached hydrogens (tertiary/aromatic N) is 2. The molecule has 1 aliphatic rings. The molecule has 2 heterocycles. The second-order valence-corrected chi connectivity index (χ2v) is 7.59. The summed E-state index contributed by atoms with van der Waals surface area (Å²) in [5, 5.41) is 14.3. The Kier molecular flexibility index (Phi) is 4.06. The molecule has 0 unspecified atom stereocenters. The van der Waals surface area contributed by atoms with E-state index in [0.717, 1.165) is 42.1 Å². The molecule has 3 aromatic rings. The number of nitrogens with one attached hydrogen (secondary N) is 1. The number of rotatable bonds is 2. The summed E-state index contributed by atoms with van der Waals surface area (Å²) in [6.45, 7) is 0. The first kappa shape index (κ1) is 15.9. The third-order valence-corrected chi connectivity index (χ3v) is 6.15. The number of thiophene rings is 1. The lowest BCUT2D eigenvalue weighted by Crippen LogP contribution is -2.15. The van der Waals surface area contributed by atoms with Gasteiger partial charge in [0.25, 0.3) is 5.91 Å². The molecule has 1 aliphatic carbocycles. The molecule has 4 nitrogen and oxygen atoms in total. The molecule has 2 aromatic heterocycles. The number of aryl methyl sites for hydroxylation is 2. The van der Waals surface area contributed by atoms with Crippen molar-refractivity contribution in [2.45, 2.75) is 32.1 Å². The zero-order valence-electron chi connectivity index (χ0n) is 14.1. The van der Waals surface area contributed by atoms with Gasteiger partial charge in [0.1, 0.15) is 16.8 Å². The molecule has 4 rings (SSSR count). The Hall–Kier alpha value is -2.58. The summed E-state index contributed by atoms with van der Waals surface area (Å²) in [6, 6.07) is 12.1. The number of hydrogen-bond donors (Lipinski definition) is 1. The molecular formula is C20H19N3OS. The Morgan fingerprint density at radius 2 is 2.04 bits per heavy atom. The highest BCUT2D eigenvalue weighted by Crippen LogP contribution is 2.37. The number of carbonyl (C=O) groups is 1. The molecule has 0 atom stereocenters. The standard InChI is InChI=1S/C20H19N3OS/c1-23-16-9-6-5-7-13(16)11-17(23)19(24)22-20-15(12-21)14-8-3-2-4-10-18(14)25-20/h5-7,9,11H,2-4,8,10H2,1H3,(H,22,24). The Morgan fingerprint density at radius 3 is 2.84 bits per heavy atom. The van der Waals surface area contributed by atoms with Gasteiger partial charge in [-0.2, -0.15) is 5.26 Å². The van der Waals surface area contributed by atoms with Crippen LogP contribution >= 0.6 is 11.3 Å². The first-order valence-electron chi connectivity index (χ1n) is 8.59. The molecule has 5 heteroatoms. The summed E-state index contributed by atoms with van der Waals surface area (Å²) >= 11 is 1.57. The number of anilines is 1. The van der Waals surface area contributed by atoms with Gasteiger partial charge in [-0.15, -0.1) is 11.3 Å². The molecule has 0 saturated heterocycles. The molecule has 0 aliphatic heterocycles. The van der Waals surface area contributed by atoms with Crippen LogP contribution in [-0.4, -0.2) is 10.5 Å². The molecule has 1 N–H and O–H groups in total. The van der Waals surface area contributed by atoms with Crippen LogP contribution in [0.4, 0.5) is 5.00 Å². The van der Waals surface area contributed by atoms with Crippen LogP contribution in [0.25, 0.3) is 10.9 Å². The van der Waals surface area contributed by atoms with Crippen LogP contribution in [-0.2, 0) is 19.9 Å². The summed E-state index contributed by atoms with van der Waals surface area (Å²) in [6.07, 6.45) is 5.45. The van der Waals surface area contributed by atoms with Crippen LogP contribution < -0.4 is 5.32 Å². The fraction of sp³-hybridized carbons (Fsp3) is 0.300. The van der Waals surface area contributed by atoms with E-state index in [-0.39, 0.29) is 5.91 Å². The van der Waals surface area contributed by atoms with E-state index in [1.165, 1.54) is 11.3 Å². The smallest absolute Gasteiger partial charge is 0.272 e. The van der Waals surface area contributed by atoms with Crippen molar-refractivity contribution in [2.75, 3.05) is 5.32 Å². The molecular weight excluding hydrogens is 330 g/mol. The SMILES string of the molecule is Cn1c(C(=O)Nc2sc3c(c2C#N)CCCCC3)cc2ccccc21. The summed E-state index contributed by atoms with van der Waals surface area (Å²) in [5.41, 5.74) is 3.44. The first-order valence-corrected chi connectivity index (χ1v) is 9.41. The van der Waals surface area contributed by atoms with Gasteiger partial charge < -0.3 is 9.88 Å². The van der Waals surface area contributed by atoms with Crippen molar-refractivity contribution in [3.63, 3.8) is 0 Å². The van der Waals surface area contributed by atoms with Crippen molar-refractivity contribution in [3.8, 4) is 6.07 Å². The first-order chi connectivity index (χ1) is 12.2. The van der Waals surface area contributed by atoms with Gasteiger partial charge >= 0.3 is 0 Å². The predicted molar refractivity (Wildman–Crippen MR) is 101 cm³/mol. The molecule has 1 aromatic carbocycles. The number of amides is 1. The van der Waals surface area contributed by atoms with E-state index >= 15 is 0 Å². The third kappa shape index (κ3) is 2.73. The Morgan fingerprint density at radius 1 is 1.24 bits per heavy atom. The summed E-state index contributed by atoms with van der Waals surface area (Å²) in [5.74, 6) is -0.161. The van der Waals surface area contributed by atoms with Gasteiger partial charge in [0.05, 0.1) is 5.56 Å². The Balaban J connectivity index is 1.69. The van der Waals surface area contributed by atoms with Crippen LogP contribution in [0.5, 0.6) is 0 Å². The monoisotopic (exact) mass is 349 g/mol. The number of fused-ring (bicyclic) bond motifs is 2. The highest BCUT2D eigenvalue weighted by atomic mass is 32.1. The molecule has 0 radical (unpaired) electrons. The molecule has 0 saturated carbocycles. The normalized spacial score (nSPS) is 13.9. The van der Waals surface area contributed by atoms with Crippen molar-refractivity contribution in [1.82, 2.24) is 4.57 Å². The number of benzene rings is 1. The van der Waals surface area contributed by atoms with Gasteiger partial charge in [-0.25, -0.2) is 0 Å². The summed E-state index contributed by atoms with van der Waals surface area (Å²) in [7, 11) is 1.89. The number of para-hydroxylation sites is 1. The maximum atomic E-state index is 12.8. The van der Waals surface area contributed by atoms with E-state index in [1.54, 1.807) is 11.3 Å². The molecule has 0 fully saturated rings. The minimum atomic E-state index is -0.161. The average Bonchev–Trinajstić information content (AvgIpc) is 3.03. The van der Waals surface area contributed by atoms with E-state index < -0.39 is 0 Å². The Labute approximate surface area is 150 Å². The second-order valence-electron chi connectivity index (χ2n) is 6.48. The van der Waals surface area contributed by atoms with Crippen LogP contribution in [0, 0.1) is 11.3 Å². The lowest BCUT2D eigenvalue weighted by molar-refractivity contribution is 0.102. The van der Waals surface area contributed by atoms with Gasteiger partial charge in [0, 0.05) is 22.8 Å². The van der Waals surface area contributed by atoms with E-state index in [4.69, 9.17) is 0 Å². The third-order valence-electron chi connectivity index (χ3n) is 4.94. The molecule has 1 amide bonds. The van der Waals surface area contributed by atoms with Gasteiger partial charge in [0.15, 0.2) is 0 Å². The lowest BCUT2D eigenvalue weighted by atomic mass is 10.1. The van der Waals surface area contributed by atoms with Crippen LogP contribution in [0.2, 0.25) is 0 Å². The van der Waals surface area contributed by atoms with Crippen LogP contribution in [0.3, 0.4) is 0 Å². The predicted octanol–water partition coefficient (Wildman–Crippen LogP) is 4.63. The summed E-state index contributed by atoms with van der Waals surface area (Å²) < 4.78 is 1.90. The van der Waals surface area contributed by atoms with E-state index in [9.17, 15) is 10.1 Å². The lowest BCUT2D eigenvalue weighted by Gasteiger charge is -2.06. The number of nitriles is 1. The maximum absolute atomic E-state index is 12.8. The quantitative estimate of drug-likeness (QED) is 0.686. The summed E-state index contributed by atoms with van der Waals surface area (Å²) in [4.78, 5) is 14.1. The fourth-order valence-electron chi connectivity index (χ4n) is 3.62. The molecule has 25 heavy (non-hydrogen) atoms. The second kappa shape index (κ2) is 6.38. The van der Waals surface area contributed by atoms with Crippen molar-refractivity contribution < 1.29 is 4.79 Å². The van der Waals surface area contributed by atoms with Gasteiger partial charge in [-0.05, 0) is 43.4 Å². The zero-order chi connectivity index (χ0) is 17.4. The Bertz CT molecular complexity index is 1010. The van der Waals surface area contributed by atoms with Crippen molar-refractivity contribution >= 4 is 33.1 Å². The van der Waals surface area contributed by atoms with Gasteiger partial charge in [0.2, 0.25) is 0 Å². The fourth-order valence-corrected chi connectivity index (χ4v) is 4.86. The molecule has 0 spiro atoms. The minimum Gasteiger partial charge on any atom is -0.340 e. The van der Waals surface area contributed by atoms with E-state index in [2.05, 4.69) is 11.4 Å². The number of carbonyl (C=O) groups excluding carboxylic acids is 1. The number of hydrogen-bond acceptors (Lipinski definition) is 3. The van der Waals surface area contributed by atoms with Crippen molar-refractivity contribution in [3.05, 3.63) is 52.0 Å². The largest absolute Gasteiger partial charge is 0.340 e. The highest BCUT2D eigenvalue weighted by molar-refractivity contribution is 7.16. The van der Waals surface area contributed by atoms with Gasteiger partial charge in [-0.1, -0.05) is 24.6 Å². The average molecular weight is 349 g/mol. The highest BCUT2D eigenvalue weighted by Gasteiger charge is 2.22. The maximum Gasteiger partial charge on any atom is 0.272 e. The minimum absolute atomic E-state index is 0.161. The van der Waals surface area contributed by atoms with Gasteiger partial charge in [-0.3, -0.25) is 4.79 Å². The van der Waals surface area contributed by atoms with Crippen LogP contribution in [0.15, 0.2) is 30.3 Å². The number of aromatic nitrogens is 1. The molecule has 0 bridgehead atoms. The molecule has 126 valence electrons. The topological polar surface area (TPSA) is 57.8 Å². The van der Waals surface area contributed by atoms with E-state index in [0.29, 0.717) is 16.3 Å². The van der Waals surface area contributed by atoms with Crippen molar-refractivity contribution in [2.24, 2.45) is 7.05 Å². The van der Waals surface area contributed by atoms with E-state index in [1.807, 2.05) is 41.9 Å².